The zero-order chi connectivity index (χ0) is 29.5. The van der Waals surface area contributed by atoms with Gasteiger partial charge in [-0.2, -0.15) is 0 Å². The second-order valence-corrected chi connectivity index (χ2v) is 11.7. The molecule has 4 atom stereocenters. The lowest BCUT2D eigenvalue weighted by molar-refractivity contribution is -0.141. The zero-order valence-electron chi connectivity index (χ0n) is 24.3. The van der Waals surface area contributed by atoms with Gasteiger partial charge in [0.05, 0.1) is 17.9 Å². The van der Waals surface area contributed by atoms with Crippen LogP contribution >= 0.6 is 0 Å². The lowest BCUT2D eigenvalue weighted by Crippen LogP contribution is -2.46. The molecule has 41 heavy (non-hydrogen) atoms. The molecule has 0 radical (unpaired) electrons. The van der Waals surface area contributed by atoms with Crippen LogP contribution in [0.1, 0.15) is 96.0 Å². The highest BCUT2D eigenvalue weighted by atomic mass is 16.5. The third-order valence-corrected chi connectivity index (χ3v) is 8.71. The fraction of sp³-hybridized carbons (Fsp3) is 0.645. The quantitative estimate of drug-likeness (QED) is 0.116. The molecule has 9 nitrogen and oxygen atoms in total. The lowest BCUT2D eigenvalue weighted by Gasteiger charge is -2.43. The second-order valence-electron chi connectivity index (χ2n) is 11.7. The third kappa shape index (κ3) is 7.40. The maximum atomic E-state index is 13.7. The van der Waals surface area contributed by atoms with E-state index in [1.807, 2.05) is 12.1 Å². The van der Waals surface area contributed by atoms with Gasteiger partial charge in [0.15, 0.2) is 0 Å². The number of carbonyl (C=O) groups excluding carboxylic acids is 2. The van der Waals surface area contributed by atoms with Crippen molar-refractivity contribution >= 4 is 31.0 Å². The standard InChI is InChI=1S/C31H44BNO8/c1-3-8-20(16-22-12-13-23(19-34)40-22)11-14-26-28-21(9-4-2)17-24-29(25(28)18-32(39)41-26)31(38)33(30(24)37)15-7-5-6-10-27(35)36/h12-13,16,24-26,29,34,39H,3-11,14-15,17-19H2,1-2H3,(H,35,36)/b20-16+/t24-,25+,26-,29-/m1/s1. The van der Waals surface area contributed by atoms with Gasteiger partial charge in [0.25, 0.3) is 0 Å². The van der Waals surface area contributed by atoms with Gasteiger partial charge in [0.2, 0.25) is 11.8 Å². The molecule has 0 aromatic carbocycles. The number of likely N-dealkylation sites (tertiary alicyclic amines) is 1. The Morgan fingerprint density at radius 2 is 1.88 bits per heavy atom. The van der Waals surface area contributed by atoms with Crippen molar-refractivity contribution in [2.45, 2.75) is 104 Å². The third-order valence-electron chi connectivity index (χ3n) is 8.71. The number of carbonyl (C=O) groups is 3. The van der Waals surface area contributed by atoms with E-state index in [0.717, 1.165) is 37.7 Å². The number of fused-ring (bicyclic) bond motifs is 3. The predicted molar refractivity (Wildman–Crippen MR) is 154 cm³/mol. The minimum Gasteiger partial charge on any atom is -0.481 e. The summed E-state index contributed by atoms with van der Waals surface area (Å²) in [7, 11) is -1.00. The van der Waals surface area contributed by atoms with Crippen LogP contribution < -0.4 is 0 Å². The summed E-state index contributed by atoms with van der Waals surface area (Å²) in [6, 6.07) is 3.61. The molecule has 2 aliphatic heterocycles. The molecule has 0 spiro atoms. The predicted octanol–water partition coefficient (Wildman–Crippen LogP) is 4.98. The van der Waals surface area contributed by atoms with Crippen molar-refractivity contribution in [3.8, 4) is 0 Å². The number of rotatable bonds is 15. The fourth-order valence-corrected chi connectivity index (χ4v) is 6.98. The van der Waals surface area contributed by atoms with E-state index in [1.54, 1.807) is 6.07 Å². The largest absolute Gasteiger partial charge is 0.481 e. The van der Waals surface area contributed by atoms with E-state index in [0.29, 0.717) is 56.5 Å². The number of amides is 2. The molecule has 3 heterocycles. The van der Waals surface area contributed by atoms with Crippen molar-refractivity contribution in [2.24, 2.45) is 17.8 Å². The molecule has 224 valence electrons. The van der Waals surface area contributed by atoms with E-state index in [-0.39, 0.29) is 36.9 Å². The molecule has 1 aromatic rings. The smallest absolute Gasteiger partial charge is 0.455 e. The molecule has 0 saturated carbocycles. The monoisotopic (exact) mass is 569 g/mol. The van der Waals surface area contributed by atoms with Gasteiger partial charge in [0, 0.05) is 13.0 Å². The topological polar surface area (TPSA) is 138 Å². The van der Waals surface area contributed by atoms with Crippen molar-refractivity contribution in [3.05, 3.63) is 40.4 Å². The Bertz CT molecular complexity index is 1160. The minimum absolute atomic E-state index is 0.0858. The van der Waals surface area contributed by atoms with E-state index in [9.17, 15) is 24.5 Å². The number of allylic oxidation sites excluding steroid dienone is 2. The Hall–Kier alpha value is -2.69. The van der Waals surface area contributed by atoms with E-state index in [2.05, 4.69) is 13.8 Å². The molecular formula is C31H44BNO8. The maximum absolute atomic E-state index is 13.7. The molecule has 10 heteroatoms. The molecule has 1 aromatic heterocycles. The first-order valence-corrected chi connectivity index (χ1v) is 15.3. The van der Waals surface area contributed by atoms with Crippen LogP contribution in [0.5, 0.6) is 0 Å². The summed E-state index contributed by atoms with van der Waals surface area (Å²) in [5.74, 6) is -1.02. The maximum Gasteiger partial charge on any atom is 0.455 e. The molecule has 4 rings (SSSR count). The van der Waals surface area contributed by atoms with Gasteiger partial charge >= 0.3 is 13.1 Å². The first-order chi connectivity index (χ1) is 19.8. The van der Waals surface area contributed by atoms with Gasteiger partial charge in [-0.3, -0.25) is 19.3 Å². The SMILES string of the molecule is CCCC1=C2[C@@H](CC/C(=C/c3ccc(CO)o3)CCC)OB(O)C[C@@H]2[C@@H]2C(=O)N(CCCCCC(=O)O)C(=O)[C@@H]2C1. The Labute approximate surface area is 242 Å². The van der Waals surface area contributed by atoms with Crippen molar-refractivity contribution in [1.82, 2.24) is 4.90 Å². The van der Waals surface area contributed by atoms with Crippen LogP contribution in [0, 0.1) is 17.8 Å². The minimum atomic E-state index is -1.00. The molecule has 0 unspecified atom stereocenters. The first-order valence-electron chi connectivity index (χ1n) is 15.3. The second kappa shape index (κ2) is 14.5. The zero-order valence-corrected chi connectivity index (χ0v) is 24.3. The summed E-state index contributed by atoms with van der Waals surface area (Å²) >= 11 is 0. The average Bonchev–Trinajstić information content (AvgIpc) is 3.49. The number of unbranched alkanes of at least 4 members (excludes halogenated alkanes) is 2. The van der Waals surface area contributed by atoms with Crippen LogP contribution in [0.3, 0.4) is 0 Å². The number of aliphatic hydroxyl groups is 1. The summed E-state index contributed by atoms with van der Waals surface area (Å²) in [4.78, 5) is 39.3. The lowest BCUT2D eigenvalue weighted by atomic mass is 9.58. The highest BCUT2D eigenvalue weighted by molar-refractivity contribution is 6.43. The number of nitrogens with zero attached hydrogens (tertiary/aromatic N) is 1. The molecule has 0 bridgehead atoms. The molecule has 1 aliphatic carbocycles. The molecule has 2 saturated heterocycles. The summed E-state index contributed by atoms with van der Waals surface area (Å²) in [5, 5.41) is 29.0. The number of aliphatic hydroxyl groups excluding tert-OH is 1. The summed E-state index contributed by atoms with van der Waals surface area (Å²) in [6.45, 7) is 4.40. The van der Waals surface area contributed by atoms with E-state index in [1.165, 1.54) is 16.0 Å². The number of furan rings is 1. The van der Waals surface area contributed by atoms with Crippen molar-refractivity contribution < 1.29 is 38.7 Å². The van der Waals surface area contributed by atoms with Gasteiger partial charge in [-0.25, -0.2) is 0 Å². The number of imide groups is 1. The highest BCUT2D eigenvalue weighted by Gasteiger charge is 2.56. The fourth-order valence-electron chi connectivity index (χ4n) is 6.98. The summed E-state index contributed by atoms with van der Waals surface area (Å²) in [5.41, 5.74) is 3.50. The average molecular weight is 570 g/mol. The van der Waals surface area contributed by atoms with Crippen LogP contribution in [0.15, 0.2) is 33.3 Å². The molecule has 3 aliphatic rings. The van der Waals surface area contributed by atoms with Crippen molar-refractivity contribution in [2.75, 3.05) is 6.54 Å². The normalized spacial score (nSPS) is 24.7. The molecule has 2 amide bonds. The number of hydrogen-bond donors (Lipinski definition) is 3. The van der Waals surface area contributed by atoms with E-state index in [4.69, 9.17) is 14.2 Å². The first kappa shape index (κ1) is 31.3. The van der Waals surface area contributed by atoms with Crippen LogP contribution in [-0.4, -0.2) is 57.7 Å². The Morgan fingerprint density at radius 3 is 2.56 bits per heavy atom. The van der Waals surface area contributed by atoms with Gasteiger partial charge in [-0.1, -0.05) is 44.3 Å². The Balaban J connectivity index is 1.52. The molecule has 2 fully saturated rings. The van der Waals surface area contributed by atoms with Crippen LogP contribution in [0.25, 0.3) is 6.08 Å². The summed E-state index contributed by atoms with van der Waals surface area (Å²) < 4.78 is 11.8. The Kier molecular flexibility index (Phi) is 11.0. The van der Waals surface area contributed by atoms with Gasteiger partial charge in [-0.15, -0.1) is 0 Å². The number of carboxylic acid groups (broad SMARTS) is 1. The van der Waals surface area contributed by atoms with Crippen LogP contribution in [0.4, 0.5) is 0 Å². The Morgan fingerprint density at radius 1 is 1.07 bits per heavy atom. The molecule has 3 N–H and O–H groups in total. The van der Waals surface area contributed by atoms with Crippen LogP contribution in [0.2, 0.25) is 6.32 Å². The van der Waals surface area contributed by atoms with Crippen molar-refractivity contribution in [3.63, 3.8) is 0 Å². The van der Waals surface area contributed by atoms with Crippen molar-refractivity contribution in [1.29, 1.82) is 0 Å². The highest BCUT2D eigenvalue weighted by Crippen LogP contribution is 2.51. The van der Waals surface area contributed by atoms with Gasteiger partial charge in [0.1, 0.15) is 18.1 Å². The van der Waals surface area contributed by atoms with Gasteiger partial charge < -0.3 is 24.3 Å². The van der Waals surface area contributed by atoms with Crippen LogP contribution in [-0.2, 0) is 25.6 Å². The summed E-state index contributed by atoms with van der Waals surface area (Å²) in [6.07, 6.45) is 9.38. The molecular weight excluding hydrogens is 525 g/mol. The number of hydrogen-bond acceptors (Lipinski definition) is 7. The van der Waals surface area contributed by atoms with Gasteiger partial charge in [-0.05, 0) is 81.0 Å². The van der Waals surface area contributed by atoms with E-state index >= 15 is 0 Å². The van der Waals surface area contributed by atoms with E-state index < -0.39 is 24.9 Å². The number of carboxylic acids is 1. The number of aliphatic carboxylic acids is 1.